The maximum Gasteiger partial charge on any atom is 0.413 e. The first-order valence-electron chi connectivity index (χ1n) is 9.77. The first-order valence-corrected chi connectivity index (χ1v) is 9.77. The van der Waals surface area contributed by atoms with Gasteiger partial charge in [0.15, 0.2) is 11.5 Å². The maximum absolute atomic E-state index is 12.8. The van der Waals surface area contributed by atoms with Gasteiger partial charge in [-0.15, -0.1) is 0 Å². The summed E-state index contributed by atoms with van der Waals surface area (Å²) < 4.78 is 15.4. The number of ether oxygens (including phenoxy) is 2. The number of furan rings is 1. The van der Waals surface area contributed by atoms with Crippen LogP contribution in [0.1, 0.15) is 47.0 Å². The van der Waals surface area contributed by atoms with Crippen molar-refractivity contribution in [3.63, 3.8) is 0 Å². The van der Waals surface area contributed by atoms with Crippen LogP contribution in [0.4, 0.5) is 4.79 Å². The van der Waals surface area contributed by atoms with E-state index < -0.39 is 24.1 Å². The van der Waals surface area contributed by atoms with Crippen molar-refractivity contribution in [1.82, 2.24) is 10.6 Å². The zero-order chi connectivity index (χ0) is 20.7. The van der Waals surface area contributed by atoms with Crippen molar-refractivity contribution in [2.75, 3.05) is 6.61 Å². The van der Waals surface area contributed by atoms with Crippen molar-refractivity contribution in [1.29, 1.82) is 0 Å². The Morgan fingerprint density at radius 2 is 2.04 bits per heavy atom. The van der Waals surface area contributed by atoms with Crippen molar-refractivity contribution in [3.05, 3.63) is 18.6 Å². The zero-order valence-electron chi connectivity index (χ0n) is 16.9. The topological polar surface area (TPSA) is 107 Å². The lowest BCUT2D eigenvalue weighted by molar-refractivity contribution is -0.127. The van der Waals surface area contributed by atoms with Gasteiger partial charge >= 0.3 is 6.09 Å². The van der Waals surface area contributed by atoms with Crippen LogP contribution in [0.3, 0.4) is 0 Å². The monoisotopic (exact) mass is 394 g/mol. The molecule has 1 aliphatic rings. The van der Waals surface area contributed by atoms with Crippen LogP contribution >= 0.6 is 0 Å². The Bertz CT molecular complexity index is 658. The van der Waals surface area contributed by atoms with E-state index in [1.807, 2.05) is 6.92 Å². The Kier molecular flexibility index (Phi) is 8.04. The molecule has 2 heterocycles. The predicted molar refractivity (Wildman–Crippen MR) is 102 cm³/mol. The highest BCUT2D eigenvalue weighted by Gasteiger charge is 2.37. The molecule has 0 saturated carbocycles. The summed E-state index contributed by atoms with van der Waals surface area (Å²) in [6.45, 7) is 8.21. The van der Waals surface area contributed by atoms with Crippen LogP contribution in [0.25, 0.3) is 0 Å². The summed E-state index contributed by atoms with van der Waals surface area (Å²) in [6, 6.07) is -0.00342. The van der Waals surface area contributed by atoms with Crippen molar-refractivity contribution < 1.29 is 28.3 Å². The molecule has 156 valence electrons. The summed E-state index contributed by atoms with van der Waals surface area (Å²) in [5.41, 5.74) is 0. The van der Waals surface area contributed by atoms with Crippen LogP contribution in [-0.2, 0) is 14.3 Å². The number of nitrogens with one attached hydrogen (secondary N) is 2. The van der Waals surface area contributed by atoms with Crippen LogP contribution in [0, 0.1) is 11.8 Å². The fourth-order valence-corrected chi connectivity index (χ4v) is 2.98. The van der Waals surface area contributed by atoms with Gasteiger partial charge in [-0.1, -0.05) is 27.7 Å². The van der Waals surface area contributed by atoms with Crippen LogP contribution in [-0.4, -0.2) is 42.6 Å². The Balaban J connectivity index is 2.02. The van der Waals surface area contributed by atoms with Crippen LogP contribution in [0.2, 0.25) is 0 Å². The van der Waals surface area contributed by atoms with Gasteiger partial charge in [0.25, 0.3) is 0 Å². The standard InChI is InChI=1S/C20H30N2O6/c1-5-17-18(16(23)11-27-17)22-19(24)15(7-6-13(4)12(2)3)21-20(25)28-14-8-9-26-10-14/h8-10,12-13,15,17-18H,5-7,11H2,1-4H3,(H,21,25)(H,22,24)/t13?,15-,17?,18?/m0/s1. The Labute approximate surface area is 165 Å². The molecule has 2 N–H and O–H groups in total. The second-order valence-corrected chi connectivity index (χ2v) is 7.55. The SMILES string of the molecule is CCC1OCC(=O)C1NC(=O)[C@H](CCC(C)C(C)C)NC(=O)Oc1ccoc1. The van der Waals surface area contributed by atoms with Gasteiger partial charge in [0.05, 0.1) is 12.4 Å². The smallest absolute Gasteiger partial charge is 0.413 e. The molecule has 0 aromatic carbocycles. The van der Waals surface area contributed by atoms with E-state index in [-0.39, 0.29) is 24.2 Å². The summed E-state index contributed by atoms with van der Waals surface area (Å²) in [6.07, 6.45) is 3.37. The molecule has 0 aliphatic carbocycles. The molecular weight excluding hydrogens is 364 g/mol. The van der Waals surface area contributed by atoms with Gasteiger partial charge < -0.3 is 24.5 Å². The molecule has 1 aliphatic heterocycles. The zero-order valence-corrected chi connectivity index (χ0v) is 16.9. The molecule has 1 saturated heterocycles. The van der Waals surface area contributed by atoms with E-state index in [0.717, 1.165) is 6.42 Å². The highest BCUT2D eigenvalue weighted by molar-refractivity contribution is 5.94. The van der Waals surface area contributed by atoms with Gasteiger partial charge in [-0.3, -0.25) is 9.59 Å². The van der Waals surface area contributed by atoms with Gasteiger partial charge in [0.1, 0.15) is 25.0 Å². The maximum atomic E-state index is 12.8. The number of hydrogen-bond donors (Lipinski definition) is 2. The van der Waals surface area contributed by atoms with E-state index in [9.17, 15) is 14.4 Å². The predicted octanol–water partition coefficient (Wildman–Crippen LogP) is 2.67. The summed E-state index contributed by atoms with van der Waals surface area (Å²) in [4.78, 5) is 37.0. The molecule has 0 spiro atoms. The van der Waals surface area contributed by atoms with Gasteiger partial charge in [-0.2, -0.15) is 0 Å². The minimum atomic E-state index is -0.813. The third-order valence-corrected chi connectivity index (χ3v) is 5.22. The number of hydrogen-bond acceptors (Lipinski definition) is 6. The second-order valence-electron chi connectivity index (χ2n) is 7.55. The molecule has 1 fully saturated rings. The molecule has 0 bridgehead atoms. The molecule has 4 atom stereocenters. The molecule has 0 radical (unpaired) electrons. The molecule has 3 unspecified atom stereocenters. The molecule has 2 rings (SSSR count). The normalized spacial score (nSPS) is 21.4. The van der Waals surface area contributed by atoms with Crippen LogP contribution in [0.15, 0.2) is 23.0 Å². The summed E-state index contributed by atoms with van der Waals surface area (Å²) in [7, 11) is 0. The van der Waals surface area contributed by atoms with E-state index in [1.54, 1.807) is 0 Å². The number of carbonyl (C=O) groups is 3. The van der Waals surface area contributed by atoms with Gasteiger partial charge in [-0.25, -0.2) is 4.79 Å². The lowest BCUT2D eigenvalue weighted by Crippen LogP contribution is -2.53. The first kappa shape index (κ1) is 21.9. The Morgan fingerprint density at radius 1 is 1.29 bits per heavy atom. The van der Waals surface area contributed by atoms with Gasteiger partial charge in [0.2, 0.25) is 5.91 Å². The lowest BCUT2D eigenvalue weighted by Gasteiger charge is -2.24. The highest BCUT2D eigenvalue weighted by Crippen LogP contribution is 2.19. The number of ketones is 1. The number of carbonyl (C=O) groups excluding carboxylic acids is 3. The summed E-state index contributed by atoms with van der Waals surface area (Å²) in [5, 5.41) is 5.35. The fourth-order valence-electron chi connectivity index (χ4n) is 2.98. The van der Waals surface area contributed by atoms with Gasteiger partial charge in [-0.05, 0) is 31.1 Å². The first-order chi connectivity index (χ1) is 13.3. The number of rotatable bonds is 9. The Hall–Kier alpha value is -2.35. The minimum Gasteiger partial charge on any atom is -0.469 e. The molecule has 2 amide bonds. The Morgan fingerprint density at radius 3 is 2.64 bits per heavy atom. The molecule has 1 aromatic rings. The van der Waals surface area contributed by atoms with E-state index >= 15 is 0 Å². The number of Topliss-reactive ketones (excluding diaryl/α,β-unsaturated/α-hetero) is 1. The van der Waals surface area contributed by atoms with E-state index in [1.165, 1.54) is 18.6 Å². The van der Waals surface area contributed by atoms with Crippen molar-refractivity contribution in [3.8, 4) is 5.75 Å². The summed E-state index contributed by atoms with van der Waals surface area (Å²) in [5.74, 6) is 0.508. The van der Waals surface area contributed by atoms with E-state index in [0.29, 0.717) is 24.7 Å². The van der Waals surface area contributed by atoms with E-state index in [4.69, 9.17) is 13.9 Å². The fraction of sp³-hybridized carbons (Fsp3) is 0.650. The highest BCUT2D eigenvalue weighted by atomic mass is 16.6. The number of amides is 2. The van der Waals surface area contributed by atoms with Gasteiger partial charge in [0, 0.05) is 6.07 Å². The molecule has 8 heteroatoms. The third kappa shape index (κ3) is 6.09. The quantitative estimate of drug-likeness (QED) is 0.667. The van der Waals surface area contributed by atoms with Crippen LogP contribution in [0.5, 0.6) is 5.75 Å². The largest absolute Gasteiger partial charge is 0.469 e. The van der Waals surface area contributed by atoms with Crippen molar-refractivity contribution >= 4 is 17.8 Å². The molecule has 28 heavy (non-hydrogen) atoms. The molecular formula is C20H30N2O6. The van der Waals surface area contributed by atoms with E-state index in [2.05, 4.69) is 31.4 Å². The molecule has 8 nitrogen and oxygen atoms in total. The van der Waals surface area contributed by atoms with Crippen molar-refractivity contribution in [2.45, 2.75) is 65.1 Å². The average molecular weight is 394 g/mol. The lowest BCUT2D eigenvalue weighted by atomic mass is 9.91. The summed E-state index contributed by atoms with van der Waals surface area (Å²) >= 11 is 0. The third-order valence-electron chi connectivity index (χ3n) is 5.22. The molecule has 1 aromatic heterocycles. The average Bonchev–Trinajstić information content (AvgIpc) is 3.28. The van der Waals surface area contributed by atoms with Crippen LogP contribution < -0.4 is 15.4 Å². The van der Waals surface area contributed by atoms with Crippen molar-refractivity contribution in [2.24, 2.45) is 11.8 Å². The second kappa shape index (κ2) is 10.3. The minimum absolute atomic E-state index is 0.00549.